The first-order valence-corrected chi connectivity index (χ1v) is 7.87. The van der Waals surface area contributed by atoms with Crippen molar-refractivity contribution in [3.8, 4) is 5.75 Å². The number of amides is 1. The van der Waals surface area contributed by atoms with Gasteiger partial charge in [0.15, 0.2) is 0 Å². The maximum Gasteiger partial charge on any atom is 0.230 e. The minimum absolute atomic E-state index is 0.0923. The summed E-state index contributed by atoms with van der Waals surface area (Å²) in [5.41, 5.74) is 5.50. The predicted octanol–water partition coefficient (Wildman–Crippen LogP) is 3.45. The molecule has 0 fully saturated rings. The van der Waals surface area contributed by atoms with Crippen molar-refractivity contribution in [2.24, 2.45) is 0 Å². The van der Waals surface area contributed by atoms with Crippen LogP contribution < -0.4 is 10.1 Å². The van der Waals surface area contributed by atoms with E-state index in [-0.39, 0.29) is 12.3 Å². The Morgan fingerprint density at radius 1 is 1.25 bits per heavy atom. The van der Waals surface area contributed by atoms with Gasteiger partial charge in [-0.2, -0.15) is 0 Å². The second kappa shape index (κ2) is 6.35. The van der Waals surface area contributed by atoms with Crippen molar-refractivity contribution in [3.05, 3.63) is 59.0 Å². The van der Waals surface area contributed by atoms with Crippen molar-refractivity contribution >= 4 is 17.2 Å². The smallest absolute Gasteiger partial charge is 0.230 e. The number of benzene rings is 1. The molecule has 124 valence electrons. The first-order valence-electron chi connectivity index (χ1n) is 7.87. The average Bonchev–Trinajstić information content (AvgIpc) is 2.85. The molecule has 0 atom stereocenters. The molecule has 0 aliphatic heterocycles. The minimum atomic E-state index is -0.0923. The van der Waals surface area contributed by atoms with E-state index in [0.29, 0.717) is 11.4 Å². The second-order valence-corrected chi connectivity index (χ2v) is 5.96. The molecule has 0 unspecified atom stereocenters. The average molecular weight is 323 g/mol. The van der Waals surface area contributed by atoms with Crippen molar-refractivity contribution in [3.63, 3.8) is 0 Å². The molecule has 1 N–H and O–H groups in total. The molecule has 2 heterocycles. The fourth-order valence-electron chi connectivity index (χ4n) is 2.85. The van der Waals surface area contributed by atoms with Crippen LogP contribution in [0.25, 0.3) is 5.65 Å². The molecule has 5 heteroatoms. The maximum absolute atomic E-state index is 12.5. The second-order valence-electron chi connectivity index (χ2n) is 5.96. The first-order chi connectivity index (χ1) is 11.5. The summed E-state index contributed by atoms with van der Waals surface area (Å²) in [7, 11) is 1.59. The fourth-order valence-corrected chi connectivity index (χ4v) is 2.85. The number of rotatable bonds is 4. The Morgan fingerprint density at radius 3 is 2.79 bits per heavy atom. The Balaban J connectivity index is 1.87. The van der Waals surface area contributed by atoms with E-state index in [0.717, 1.165) is 28.2 Å². The summed E-state index contributed by atoms with van der Waals surface area (Å²) >= 11 is 0. The number of fused-ring (bicyclic) bond motifs is 1. The number of carbonyl (C=O) groups is 1. The zero-order valence-electron chi connectivity index (χ0n) is 14.4. The molecular weight excluding hydrogens is 302 g/mol. The number of nitrogens with one attached hydrogen (secondary N) is 1. The van der Waals surface area contributed by atoms with Gasteiger partial charge in [-0.05, 0) is 50.1 Å². The van der Waals surface area contributed by atoms with Crippen molar-refractivity contribution in [1.29, 1.82) is 0 Å². The molecule has 0 radical (unpaired) electrons. The third-order valence-electron chi connectivity index (χ3n) is 4.10. The molecule has 1 aromatic carbocycles. The van der Waals surface area contributed by atoms with Gasteiger partial charge < -0.3 is 14.5 Å². The van der Waals surface area contributed by atoms with Crippen LogP contribution in [0.2, 0.25) is 0 Å². The fraction of sp³-hybridized carbons (Fsp3) is 0.263. The Labute approximate surface area is 141 Å². The van der Waals surface area contributed by atoms with E-state index in [4.69, 9.17) is 4.74 Å². The van der Waals surface area contributed by atoms with Gasteiger partial charge in [0.25, 0.3) is 0 Å². The van der Waals surface area contributed by atoms with Crippen molar-refractivity contribution in [2.75, 3.05) is 12.4 Å². The van der Waals surface area contributed by atoms with E-state index >= 15 is 0 Å². The molecule has 2 aromatic heterocycles. The van der Waals surface area contributed by atoms with Crippen LogP contribution in [0.15, 0.2) is 36.5 Å². The molecule has 5 nitrogen and oxygen atoms in total. The van der Waals surface area contributed by atoms with Gasteiger partial charge in [0.05, 0.1) is 30.6 Å². The summed E-state index contributed by atoms with van der Waals surface area (Å²) in [5, 5.41) is 2.94. The number of pyridine rings is 1. The lowest BCUT2D eigenvalue weighted by Crippen LogP contribution is -2.16. The Kier molecular flexibility index (Phi) is 4.25. The SMILES string of the molecule is COc1ccc(C)cc1NC(=O)Cc1c(C)nc2c(C)cccn12. The van der Waals surface area contributed by atoms with Gasteiger partial charge in [-0.25, -0.2) is 4.98 Å². The summed E-state index contributed by atoms with van der Waals surface area (Å²) in [5.74, 6) is 0.560. The standard InChI is InChI=1S/C19H21N3O2/c1-12-7-8-17(24-4)15(10-12)21-18(23)11-16-14(3)20-19-13(2)6-5-9-22(16)19/h5-10H,11H2,1-4H3,(H,21,23). The van der Waals surface area contributed by atoms with Gasteiger partial charge in [0.2, 0.25) is 5.91 Å². The molecule has 3 aromatic rings. The summed E-state index contributed by atoms with van der Waals surface area (Å²) < 4.78 is 7.30. The van der Waals surface area contributed by atoms with Crippen LogP contribution in [0.5, 0.6) is 5.75 Å². The van der Waals surface area contributed by atoms with Crippen LogP contribution >= 0.6 is 0 Å². The molecule has 0 aliphatic carbocycles. The van der Waals surface area contributed by atoms with Gasteiger partial charge in [-0.1, -0.05) is 12.1 Å². The van der Waals surface area contributed by atoms with Gasteiger partial charge in [0.1, 0.15) is 11.4 Å². The van der Waals surface area contributed by atoms with Crippen LogP contribution in [-0.2, 0) is 11.2 Å². The van der Waals surface area contributed by atoms with E-state index in [1.165, 1.54) is 0 Å². The third kappa shape index (κ3) is 2.97. The zero-order chi connectivity index (χ0) is 17.3. The number of aromatic nitrogens is 2. The third-order valence-corrected chi connectivity index (χ3v) is 4.10. The monoisotopic (exact) mass is 323 g/mol. The molecule has 0 spiro atoms. The molecule has 0 saturated carbocycles. The number of hydrogen-bond donors (Lipinski definition) is 1. The van der Waals surface area contributed by atoms with Crippen LogP contribution in [0.4, 0.5) is 5.69 Å². The zero-order valence-corrected chi connectivity index (χ0v) is 14.4. The Morgan fingerprint density at radius 2 is 2.04 bits per heavy atom. The largest absolute Gasteiger partial charge is 0.495 e. The minimum Gasteiger partial charge on any atom is -0.495 e. The van der Waals surface area contributed by atoms with Crippen LogP contribution in [0.3, 0.4) is 0 Å². The summed E-state index contributed by atoms with van der Waals surface area (Å²) in [4.78, 5) is 17.1. The predicted molar refractivity (Wildman–Crippen MR) is 94.7 cm³/mol. The van der Waals surface area contributed by atoms with E-state index in [2.05, 4.69) is 10.3 Å². The molecule has 0 bridgehead atoms. The summed E-state index contributed by atoms with van der Waals surface area (Å²) in [6.07, 6.45) is 2.20. The van der Waals surface area contributed by atoms with Gasteiger partial charge >= 0.3 is 0 Å². The molecule has 0 saturated heterocycles. The number of anilines is 1. The van der Waals surface area contributed by atoms with E-state index in [1.54, 1.807) is 7.11 Å². The number of aryl methyl sites for hydroxylation is 3. The highest BCUT2D eigenvalue weighted by molar-refractivity contribution is 5.93. The van der Waals surface area contributed by atoms with Gasteiger partial charge in [0, 0.05) is 6.20 Å². The highest BCUT2D eigenvalue weighted by Crippen LogP contribution is 2.25. The quantitative estimate of drug-likeness (QED) is 0.800. The van der Waals surface area contributed by atoms with E-state index in [1.807, 2.05) is 61.7 Å². The normalized spacial score (nSPS) is 10.8. The lowest BCUT2D eigenvalue weighted by molar-refractivity contribution is -0.115. The van der Waals surface area contributed by atoms with E-state index < -0.39 is 0 Å². The summed E-state index contributed by atoms with van der Waals surface area (Å²) in [6, 6.07) is 9.69. The van der Waals surface area contributed by atoms with Crippen LogP contribution in [0, 0.1) is 20.8 Å². The Hall–Kier alpha value is -2.82. The molecule has 0 aliphatic rings. The van der Waals surface area contributed by atoms with Gasteiger partial charge in [-0.3, -0.25) is 4.79 Å². The van der Waals surface area contributed by atoms with Crippen molar-refractivity contribution < 1.29 is 9.53 Å². The maximum atomic E-state index is 12.5. The number of nitrogens with zero attached hydrogens (tertiary/aromatic N) is 2. The topological polar surface area (TPSA) is 55.6 Å². The van der Waals surface area contributed by atoms with Gasteiger partial charge in [-0.15, -0.1) is 0 Å². The number of carbonyl (C=O) groups excluding carboxylic acids is 1. The highest BCUT2D eigenvalue weighted by atomic mass is 16.5. The molecule has 3 rings (SSSR count). The first kappa shape index (κ1) is 16.1. The van der Waals surface area contributed by atoms with Crippen molar-refractivity contribution in [2.45, 2.75) is 27.2 Å². The highest BCUT2D eigenvalue weighted by Gasteiger charge is 2.15. The Bertz CT molecular complexity index is 912. The lowest BCUT2D eigenvalue weighted by atomic mass is 10.2. The number of methoxy groups -OCH3 is 1. The lowest BCUT2D eigenvalue weighted by Gasteiger charge is -2.11. The molecule has 1 amide bonds. The van der Waals surface area contributed by atoms with Crippen molar-refractivity contribution in [1.82, 2.24) is 9.38 Å². The number of imidazole rings is 1. The molecule has 24 heavy (non-hydrogen) atoms. The van der Waals surface area contributed by atoms with E-state index in [9.17, 15) is 4.79 Å². The number of ether oxygens (including phenoxy) is 1. The number of hydrogen-bond acceptors (Lipinski definition) is 3. The van der Waals surface area contributed by atoms with Crippen LogP contribution in [0.1, 0.15) is 22.5 Å². The summed E-state index contributed by atoms with van der Waals surface area (Å²) in [6.45, 7) is 5.93. The van der Waals surface area contributed by atoms with Crippen LogP contribution in [-0.4, -0.2) is 22.4 Å². The molecular formula is C19H21N3O2.